The van der Waals surface area contributed by atoms with E-state index in [2.05, 4.69) is 35.1 Å². The highest BCUT2D eigenvalue weighted by Crippen LogP contribution is 2.43. The van der Waals surface area contributed by atoms with E-state index in [4.69, 9.17) is 21.8 Å². The second kappa shape index (κ2) is 10.7. The summed E-state index contributed by atoms with van der Waals surface area (Å²) in [7, 11) is 2.14. The molecule has 2 aromatic carbocycles. The Bertz CT molecular complexity index is 1070. The molecule has 2 aliphatic heterocycles. The van der Waals surface area contributed by atoms with Crippen molar-refractivity contribution in [3.05, 3.63) is 70.5 Å². The van der Waals surface area contributed by atoms with Gasteiger partial charge in [-0.05, 0) is 36.9 Å². The van der Waals surface area contributed by atoms with Gasteiger partial charge in [0.25, 0.3) is 0 Å². The number of hydrogen-bond donors (Lipinski definition) is 2. The molecule has 9 heteroatoms. The van der Waals surface area contributed by atoms with Gasteiger partial charge in [0.2, 0.25) is 0 Å². The van der Waals surface area contributed by atoms with Crippen LogP contribution in [0.1, 0.15) is 11.1 Å². The van der Waals surface area contributed by atoms with E-state index in [1.807, 2.05) is 12.1 Å². The third-order valence-corrected chi connectivity index (χ3v) is 6.38. The van der Waals surface area contributed by atoms with Crippen LogP contribution >= 0.6 is 23.4 Å². The number of likely N-dealkylation sites (N-methyl/N-ethyl adjacent to an activating group) is 1. The number of carboxylic acid groups (broad SMARTS) is 2. The first kappa shape index (κ1) is 23.8. The Balaban J connectivity index is 0.000000312. The van der Waals surface area contributed by atoms with E-state index in [1.165, 1.54) is 5.56 Å². The molecule has 0 aliphatic carbocycles. The van der Waals surface area contributed by atoms with Crippen LogP contribution in [0, 0.1) is 5.82 Å². The van der Waals surface area contributed by atoms with Crippen LogP contribution in [0.15, 0.2) is 58.3 Å². The van der Waals surface area contributed by atoms with Crippen molar-refractivity contribution in [3.8, 4) is 0 Å². The first-order valence-corrected chi connectivity index (χ1v) is 11.0. The van der Waals surface area contributed by atoms with E-state index < -0.39 is 11.9 Å². The topological polar surface area (TPSA) is 81.1 Å². The molecule has 2 N–H and O–H groups in total. The number of halogens is 2. The van der Waals surface area contributed by atoms with E-state index >= 15 is 0 Å². The molecule has 0 bridgehead atoms. The molecule has 0 spiro atoms. The molecule has 1 fully saturated rings. The van der Waals surface area contributed by atoms with Crippen LogP contribution in [0.4, 0.5) is 4.39 Å². The van der Waals surface area contributed by atoms with Crippen molar-refractivity contribution < 1.29 is 24.2 Å². The summed E-state index contributed by atoms with van der Waals surface area (Å²) in [6, 6.07) is 11.6. The van der Waals surface area contributed by atoms with Gasteiger partial charge in [0.05, 0.1) is 5.02 Å². The molecule has 4 rings (SSSR count). The minimum Gasteiger partial charge on any atom is -0.478 e. The van der Waals surface area contributed by atoms with Crippen LogP contribution in [0.25, 0.3) is 11.8 Å². The molecule has 168 valence electrons. The molecule has 0 amide bonds. The molecule has 32 heavy (non-hydrogen) atoms. The Morgan fingerprint density at radius 2 is 1.66 bits per heavy atom. The van der Waals surface area contributed by atoms with E-state index in [0.29, 0.717) is 12.2 Å². The number of nitrogens with zero attached hydrogens (tertiary/aromatic N) is 2. The second-order valence-electron chi connectivity index (χ2n) is 7.23. The maximum absolute atomic E-state index is 14.1. The normalized spacial score (nSPS) is 15.7. The zero-order valence-electron chi connectivity index (χ0n) is 17.3. The predicted molar refractivity (Wildman–Crippen MR) is 123 cm³/mol. The lowest BCUT2D eigenvalue weighted by Gasteiger charge is -2.36. The number of piperazine rings is 1. The third-order valence-electron chi connectivity index (χ3n) is 4.94. The summed E-state index contributed by atoms with van der Waals surface area (Å²) in [5.41, 5.74) is 3.33. The van der Waals surface area contributed by atoms with Crippen molar-refractivity contribution in [3.63, 3.8) is 0 Å². The molecular weight excluding hydrogens is 455 g/mol. The van der Waals surface area contributed by atoms with Gasteiger partial charge in [0.1, 0.15) is 5.82 Å². The van der Waals surface area contributed by atoms with Crippen molar-refractivity contribution in [2.24, 2.45) is 0 Å². The minimum atomic E-state index is -1.26. The largest absolute Gasteiger partial charge is 0.478 e. The number of benzene rings is 2. The van der Waals surface area contributed by atoms with Crippen molar-refractivity contribution >= 4 is 47.1 Å². The summed E-state index contributed by atoms with van der Waals surface area (Å²) in [6.07, 6.45) is 3.33. The van der Waals surface area contributed by atoms with E-state index in [-0.39, 0.29) is 10.8 Å². The summed E-state index contributed by atoms with van der Waals surface area (Å²) in [5.74, 6) is -2.88. The highest BCUT2D eigenvalue weighted by atomic mass is 35.5. The molecule has 2 aliphatic rings. The Kier molecular flexibility index (Phi) is 7.95. The van der Waals surface area contributed by atoms with Gasteiger partial charge in [-0.1, -0.05) is 41.6 Å². The zero-order valence-corrected chi connectivity index (χ0v) is 18.9. The third kappa shape index (κ3) is 6.12. The van der Waals surface area contributed by atoms with E-state index in [0.717, 1.165) is 47.2 Å². The number of fused-ring (bicyclic) bond motifs is 2. The molecule has 2 heterocycles. The highest BCUT2D eigenvalue weighted by molar-refractivity contribution is 7.99. The summed E-state index contributed by atoms with van der Waals surface area (Å²) < 4.78 is 14.1. The molecule has 0 radical (unpaired) electrons. The maximum atomic E-state index is 14.1. The van der Waals surface area contributed by atoms with Gasteiger partial charge in [0.15, 0.2) is 0 Å². The lowest BCUT2D eigenvalue weighted by atomic mass is 10.1. The van der Waals surface area contributed by atoms with Gasteiger partial charge in [-0.25, -0.2) is 14.0 Å². The average Bonchev–Trinajstić information content (AvgIpc) is 2.90. The standard InChI is InChI=1S/C19H18ClFN2S.C4H4O4/c1-22-6-8-23(9-7-22)17-10-13-4-2-3-5-18(13)24-19-12-16(21)15(20)11-14(17)19;5-3(6)1-2-4(7)8/h2-5,10-12H,6-9H2,1H3;1-2H,(H,5,6)(H,7,8)/b;2-1-. The van der Waals surface area contributed by atoms with Crippen LogP contribution in [-0.2, 0) is 9.59 Å². The van der Waals surface area contributed by atoms with E-state index in [1.54, 1.807) is 23.9 Å². The summed E-state index contributed by atoms with van der Waals surface area (Å²) in [5, 5.41) is 15.8. The molecule has 0 saturated carbocycles. The fraction of sp³-hybridized carbons (Fsp3) is 0.217. The smallest absolute Gasteiger partial charge is 0.328 e. The molecule has 2 aromatic rings. The fourth-order valence-corrected chi connectivity index (χ4v) is 4.53. The molecule has 6 nitrogen and oxygen atoms in total. The lowest BCUT2D eigenvalue weighted by Crippen LogP contribution is -2.43. The van der Waals surface area contributed by atoms with Crippen molar-refractivity contribution in [1.82, 2.24) is 9.80 Å². The van der Waals surface area contributed by atoms with Gasteiger partial charge in [-0.2, -0.15) is 0 Å². The van der Waals surface area contributed by atoms with Gasteiger partial charge in [-0.3, -0.25) is 0 Å². The maximum Gasteiger partial charge on any atom is 0.328 e. The molecule has 0 unspecified atom stereocenters. The monoisotopic (exact) mass is 476 g/mol. The zero-order chi connectivity index (χ0) is 23.3. The highest BCUT2D eigenvalue weighted by Gasteiger charge is 2.24. The summed E-state index contributed by atoms with van der Waals surface area (Å²) in [6.45, 7) is 3.97. The molecule has 0 aromatic heterocycles. The van der Waals surface area contributed by atoms with E-state index in [9.17, 15) is 14.0 Å². The van der Waals surface area contributed by atoms with Crippen LogP contribution in [-0.4, -0.2) is 65.2 Å². The summed E-state index contributed by atoms with van der Waals surface area (Å²) in [4.78, 5) is 25.9. The van der Waals surface area contributed by atoms with Crippen LogP contribution in [0.5, 0.6) is 0 Å². The number of carbonyl (C=O) groups is 2. The minimum absolute atomic E-state index is 0.181. The number of rotatable bonds is 3. The van der Waals surface area contributed by atoms with Gasteiger partial charge < -0.3 is 20.0 Å². The number of aliphatic carboxylic acids is 2. The first-order chi connectivity index (χ1) is 15.2. The molecule has 0 atom stereocenters. The van der Waals surface area contributed by atoms with Crippen molar-refractivity contribution in [2.75, 3.05) is 33.2 Å². The Morgan fingerprint density at radius 1 is 1.03 bits per heavy atom. The number of hydrogen-bond acceptors (Lipinski definition) is 5. The average molecular weight is 477 g/mol. The summed E-state index contributed by atoms with van der Waals surface area (Å²) >= 11 is 7.71. The fourth-order valence-electron chi connectivity index (χ4n) is 3.30. The number of carboxylic acids is 2. The van der Waals surface area contributed by atoms with Gasteiger partial charge in [0, 0.05) is 59.4 Å². The van der Waals surface area contributed by atoms with Crippen LogP contribution in [0.2, 0.25) is 5.02 Å². The van der Waals surface area contributed by atoms with Crippen LogP contribution < -0.4 is 0 Å². The van der Waals surface area contributed by atoms with Crippen LogP contribution in [0.3, 0.4) is 0 Å². The van der Waals surface area contributed by atoms with Gasteiger partial charge >= 0.3 is 11.9 Å². The van der Waals surface area contributed by atoms with Crippen molar-refractivity contribution in [1.29, 1.82) is 0 Å². The SMILES string of the molecule is CN1CCN(C2=Cc3ccccc3Sc3cc(F)c(Cl)cc32)CC1.O=C(O)/C=C\C(=O)O. The van der Waals surface area contributed by atoms with Gasteiger partial charge in [-0.15, -0.1) is 0 Å². The Morgan fingerprint density at radius 3 is 2.28 bits per heavy atom. The quantitative estimate of drug-likeness (QED) is 0.635. The Hall–Kier alpha value is -2.81. The van der Waals surface area contributed by atoms with Crippen molar-refractivity contribution in [2.45, 2.75) is 9.79 Å². The molecular formula is C23H22ClFN2O4S. The first-order valence-electron chi connectivity index (χ1n) is 9.80. The predicted octanol–water partition coefficient (Wildman–Crippen LogP) is 4.40. The second-order valence-corrected chi connectivity index (χ2v) is 8.72. The lowest BCUT2D eigenvalue weighted by molar-refractivity contribution is -0.134. The molecule has 1 saturated heterocycles. The Labute approximate surface area is 194 Å².